The van der Waals surface area contributed by atoms with E-state index in [1.54, 1.807) is 7.11 Å². The van der Waals surface area contributed by atoms with Crippen molar-refractivity contribution in [1.29, 1.82) is 0 Å². The first kappa shape index (κ1) is 14.1. The van der Waals surface area contributed by atoms with Crippen molar-refractivity contribution in [2.75, 3.05) is 7.11 Å². The van der Waals surface area contributed by atoms with Crippen molar-refractivity contribution in [3.8, 4) is 11.5 Å². The van der Waals surface area contributed by atoms with Crippen LogP contribution in [0.5, 0.6) is 11.5 Å². The van der Waals surface area contributed by atoms with E-state index in [1.165, 1.54) is 0 Å². The molecule has 0 aliphatic rings. The van der Waals surface area contributed by atoms with Crippen LogP contribution in [-0.4, -0.2) is 12.2 Å². The average molecular weight is 370 g/mol. The fourth-order valence-electron chi connectivity index (χ4n) is 1.73. The first-order valence-corrected chi connectivity index (χ1v) is 6.97. The van der Waals surface area contributed by atoms with E-state index in [1.807, 2.05) is 42.5 Å². The number of methoxy groups -OCH3 is 1. The standard InChI is InChI=1S/C15H15IO3/c1-18-13-8-7-12(9-17)14(16)15(13)19-10-11-5-3-2-4-6-11/h2-8,17H,9-10H2,1H3. The van der Waals surface area contributed by atoms with Gasteiger partial charge in [0.05, 0.1) is 17.3 Å². The summed E-state index contributed by atoms with van der Waals surface area (Å²) in [6, 6.07) is 13.6. The molecule has 0 saturated carbocycles. The first-order chi connectivity index (χ1) is 9.26. The fraction of sp³-hybridized carbons (Fsp3) is 0.200. The molecule has 3 nitrogen and oxygen atoms in total. The molecule has 100 valence electrons. The van der Waals surface area contributed by atoms with Crippen LogP contribution in [0.15, 0.2) is 42.5 Å². The maximum Gasteiger partial charge on any atom is 0.175 e. The van der Waals surface area contributed by atoms with E-state index in [9.17, 15) is 5.11 Å². The molecule has 0 aliphatic heterocycles. The van der Waals surface area contributed by atoms with E-state index in [-0.39, 0.29) is 6.61 Å². The number of aliphatic hydroxyl groups is 1. The maximum atomic E-state index is 9.29. The largest absolute Gasteiger partial charge is 0.493 e. The first-order valence-electron chi connectivity index (χ1n) is 5.89. The van der Waals surface area contributed by atoms with Gasteiger partial charge in [-0.05, 0) is 39.8 Å². The van der Waals surface area contributed by atoms with E-state index in [4.69, 9.17) is 9.47 Å². The summed E-state index contributed by atoms with van der Waals surface area (Å²) in [5, 5.41) is 9.29. The van der Waals surface area contributed by atoms with E-state index in [2.05, 4.69) is 22.6 Å². The topological polar surface area (TPSA) is 38.7 Å². The monoisotopic (exact) mass is 370 g/mol. The van der Waals surface area contributed by atoms with Gasteiger partial charge in [-0.3, -0.25) is 0 Å². The molecule has 0 heterocycles. The molecule has 1 N–H and O–H groups in total. The summed E-state index contributed by atoms with van der Waals surface area (Å²) in [5.74, 6) is 1.36. The highest BCUT2D eigenvalue weighted by atomic mass is 127. The molecule has 2 rings (SSSR count). The van der Waals surface area contributed by atoms with Gasteiger partial charge in [0, 0.05) is 0 Å². The summed E-state index contributed by atoms with van der Waals surface area (Å²) in [7, 11) is 1.61. The molecule has 0 saturated heterocycles. The van der Waals surface area contributed by atoms with Crippen LogP contribution in [0.1, 0.15) is 11.1 Å². The molecule has 0 fully saturated rings. The molecule has 4 heteroatoms. The third-order valence-electron chi connectivity index (χ3n) is 2.76. The minimum absolute atomic E-state index is 0.00996. The van der Waals surface area contributed by atoms with Crippen molar-refractivity contribution < 1.29 is 14.6 Å². The van der Waals surface area contributed by atoms with Crippen LogP contribution in [0, 0.1) is 3.57 Å². The lowest BCUT2D eigenvalue weighted by Gasteiger charge is -2.14. The predicted octanol–water partition coefficient (Wildman–Crippen LogP) is 3.37. The van der Waals surface area contributed by atoms with Crippen molar-refractivity contribution in [2.45, 2.75) is 13.2 Å². The van der Waals surface area contributed by atoms with Gasteiger partial charge in [0.1, 0.15) is 6.61 Å². The number of ether oxygens (including phenoxy) is 2. The molecule has 0 spiro atoms. The third kappa shape index (κ3) is 3.39. The molecule has 0 aromatic heterocycles. The molecule has 0 radical (unpaired) electrons. The van der Waals surface area contributed by atoms with Crippen LogP contribution in [-0.2, 0) is 13.2 Å². The van der Waals surface area contributed by atoms with Crippen LogP contribution in [0.25, 0.3) is 0 Å². The zero-order chi connectivity index (χ0) is 13.7. The van der Waals surface area contributed by atoms with Crippen LogP contribution in [0.3, 0.4) is 0 Å². The van der Waals surface area contributed by atoms with Crippen LogP contribution in [0.2, 0.25) is 0 Å². The van der Waals surface area contributed by atoms with Gasteiger partial charge in [-0.1, -0.05) is 36.4 Å². The van der Waals surface area contributed by atoms with Crippen molar-refractivity contribution in [2.24, 2.45) is 0 Å². The summed E-state index contributed by atoms with van der Waals surface area (Å²) in [4.78, 5) is 0. The Morgan fingerprint density at radius 2 is 1.84 bits per heavy atom. The highest BCUT2D eigenvalue weighted by Crippen LogP contribution is 2.35. The molecular formula is C15H15IO3. The molecule has 0 unspecified atom stereocenters. The summed E-state index contributed by atoms with van der Waals surface area (Å²) in [6.07, 6.45) is 0. The number of hydrogen-bond acceptors (Lipinski definition) is 3. The van der Waals surface area contributed by atoms with Crippen molar-refractivity contribution in [3.05, 3.63) is 57.2 Å². The lowest BCUT2D eigenvalue weighted by molar-refractivity contribution is 0.269. The van der Waals surface area contributed by atoms with E-state index in [0.29, 0.717) is 18.1 Å². The molecule has 2 aromatic carbocycles. The number of rotatable bonds is 5. The smallest absolute Gasteiger partial charge is 0.175 e. The van der Waals surface area contributed by atoms with Gasteiger partial charge in [-0.25, -0.2) is 0 Å². The quantitative estimate of drug-likeness (QED) is 0.821. The van der Waals surface area contributed by atoms with E-state index in [0.717, 1.165) is 14.7 Å². The van der Waals surface area contributed by atoms with Crippen LogP contribution in [0.4, 0.5) is 0 Å². The highest BCUT2D eigenvalue weighted by molar-refractivity contribution is 14.1. The second-order valence-electron chi connectivity index (χ2n) is 4.00. The van der Waals surface area contributed by atoms with Gasteiger partial charge in [0.2, 0.25) is 0 Å². The number of aliphatic hydroxyl groups excluding tert-OH is 1. The normalized spacial score (nSPS) is 10.3. The summed E-state index contributed by atoms with van der Waals surface area (Å²) >= 11 is 2.17. The lowest BCUT2D eigenvalue weighted by atomic mass is 10.2. The maximum absolute atomic E-state index is 9.29. The number of halogens is 1. The van der Waals surface area contributed by atoms with Gasteiger partial charge < -0.3 is 14.6 Å². The molecule has 19 heavy (non-hydrogen) atoms. The predicted molar refractivity (Wildman–Crippen MR) is 82.4 cm³/mol. The van der Waals surface area contributed by atoms with Crippen LogP contribution >= 0.6 is 22.6 Å². The van der Waals surface area contributed by atoms with Crippen molar-refractivity contribution in [3.63, 3.8) is 0 Å². The Balaban J connectivity index is 2.23. The summed E-state index contributed by atoms with van der Waals surface area (Å²) in [6.45, 7) is 0.464. The Labute approximate surface area is 126 Å². The van der Waals surface area contributed by atoms with Gasteiger partial charge >= 0.3 is 0 Å². The molecule has 0 atom stereocenters. The molecule has 0 amide bonds. The molecule has 2 aromatic rings. The SMILES string of the molecule is COc1ccc(CO)c(I)c1OCc1ccccc1. The van der Waals surface area contributed by atoms with Gasteiger partial charge in [0.25, 0.3) is 0 Å². The van der Waals surface area contributed by atoms with E-state index >= 15 is 0 Å². The Morgan fingerprint density at radius 1 is 1.11 bits per heavy atom. The van der Waals surface area contributed by atoms with Crippen LogP contribution < -0.4 is 9.47 Å². The summed E-state index contributed by atoms with van der Waals surface area (Å²) < 4.78 is 12.0. The second-order valence-corrected chi connectivity index (χ2v) is 5.08. The summed E-state index contributed by atoms with van der Waals surface area (Å²) in [5.41, 5.74) is 1.93. The number of benzene rings is 2. The van der Waals surface area contributed by atoms with Gasteiger partial charge in [-0.15, -0.1) is 0 Å². The second kappa shape index (κ2) is 6.77. The fourth-order valence-corrected chi connectivity index (χ4v) is 2.50. The number of hydrogen-bond donors (Lipinski definition) is 1. The molecule has 0 aliphatic carbocycles. The molecule has 0 bridgehead atoms. The highest BCUT2D eigenvalue weighted by Gasteiger charge is 2.13. The van der Waals surface area contributed by atoms with Gasteiger partial charge in [0.15, 0.2) is 11.5 Å². The van der Waals surface area contributed by atoms with Crippen molar-refractivity contribution >= 4 is 22.6 Å². The zero-order valence-corrected chi connectivity index (χ0v) is 12.8. The Bertz CT molecular complexity index is 541. The van der Waals surface area contributed by atoms with Crippen molar-refractivity contribution in [1.82, 2.24) is 0 Å². The lowest BCUT2D eigenvalue weighted by Crippen LogP contribution is -2.01. The van der Waals surface area contributed by atoms with E-state index < -0.39 is 0 Å². The minimum Gasteiger partial charge on any atom is -0.493 e. The Kier molecular flexibility index (Phi) is 5.04. The third-order valence-corrected chi connectivity index (χ3v) is 3.94. The van der Waals surface area contributed by atoms with Gasteiger partial charge in [-0.2, -0.15) is 0 Å². The zero-order valence-electron chi connectivity index (χ0n) is 10.6. The Morgan fingerprint density at radius 3 is 2.47 bits per heavy atom. The average Bonchev–Trinajstić information content (AvgIpc) is 2.46. The molecular weight excluding hydrogens is 355 g/mol. The minimum atomic E-state index is -0.00996. The Hall–Kier alpha value is -1.27.